The van der Waals surface area contributed by atoms with Gasteiger partial charge in [-0.15, -0.1) is 0 Å². The summed E-state index contributed by atoms with van der Waals surface area (Å²) in [7, 11) is 0. The second-order valence-corrected chi connectivity index (χ2v) is 4.70. The standard InChI is InChI=1S/C13H17N3O3/c17-12(18)11-4-3-10(7-15-11)8-16-13(19)14-6-5-9-1-2-9/h3-4,7,9H,1-2,5-6,8H2,(H,17,18)(H2,14,16,19). The van der Waals surface area contributed by atoms with Crippen molar-refractivity contribution in [2.45, 2.75) is 25.8 Å². The summed E-state index contributed by atoms with van der Waals surface area (Å²) in [6, 6.07) is 2.86. The molecule has 0 unspecified atom stereocenters. The number of carboxylic acids is 1. The summed E-state index contributed by atoms with van der Waals surface area (Å²) in [5, 5.41) is 14.2. The molecule has 6 heteroatoms. The molecule has 3 N–H and O–H groups in total. The highest BCUT2D eigenvalue weighted by molar-refractivity contribution is 5.85. The van der Waals surface area contributed by atoms with Crippen LogP contribution in [0.4, 0.5) is 4.79 Å². The van der Waals surface area contributed by atoms with E-state index in [2.05, 4.69) is 15.6 Å². The molecule has 0 aromatic carbocycles. The summed E-state index contributed by atoms with van der Waals surface area (Å²) in [5.41, 5.74) is 0.764. The highest BCUT2D eigenvalue weighted by Crippen LogP contribution is 2.31. The van der Waals surface area contributed by atoms with Crippen molar-refractivity contribution >= 4 is 12.0 Å². The average molecular weight is 263 g/mol. The van der Waals surface area contributed by atoms with E-state index in [0.717, 1.165) is 17.9 Å². The molecule has 0 radical (unpaired) electrons. The Morgan fingerprint density at radius 2 is 2.11 bits per heavy atom. The molecule has 1 saturated carbocycles. The minimum Gasteiger partial charge on any atom is -0.477 e. The van der Waals surface area contributed by atoms with Crippen LogP contribution in [0.3, 0.4) is 0 Å². The van der Waals surface area contributed by atoms with Gasteiger partial charge in [-0.05, 0) is 24.0 Å². The van der Waals surface area contributed by atoms with E-state index >= 15 is 0 Å². The van der Waals surface area contributed by atoms with Crippen LogP contribution in [0.15, 0.2) is 18.3 Å². The molecule has 1 aliphatic rings. The van der Waals surface area contributed by atoms with Gasteiger partial charge < -0.3 is 15.7 Å². The van der Waals surface area contributed by atoms with Crippen molar-refractivity contribution in [3.63, 3.8) is 0 Å². The predicted octanol–water partition coefficient (Wildman–Crippen LogP) is 1.38. The topological polar surface area (TPSA) is 91.3 Å². The second kappa shape index (κ2) is 6.17. The van der Waals surface area contributed by atoms with Crippen molar-refractivity contribution in [3.8, 4) is 0 Å². The van der Waals surface area contributed by atoms with Gasteiger partial charge in [0.05, 0.1) is 0 Å². The quantitative estimate of drug-likeness (QED) is 0.723. The molecule has 0 saturated heterocycles. The fourth-order valence-electron chi connectivity index (χ4n) is 1.70. The average Bonchev–Trinajstić information content (AvgIpc) is 3.21. The lowest BCUT2D eigenvalue weighted by Gasteiger charge is -2.07. The van der Waals surface area contributed by atoms with Gasteiger partial charge in [0, 0.05) is 19.3 Å². The Morgan fingerprint density at radius 1 is 1.32 bits per heavy atom. The van der Waals surface area contributed by atoms with Gasteiger partial charge in [0.25, 0.3) is 0 Å². The Kier molecular flexibility index (Phi) is 4.33. The van der Waals surface area contributed by atoms with Crippen LogP contribution < -0.4 is 10.6 Å². The zero-order chi connectivity index (χ0) is 13.7. The van der Waals surface area contributed by atoms with Gasteiger partial charge in [-0.3, -0.25) is 0 Å². The molecule has 6 nitrogen and oxygen atoms in total. The number of hydrogen-bond acceptors (Lipinski definition) is 3. The van der Waals surface area contributed by atoms with Crippen molar-refractivity contribution in [2.75, 3.05) is 6.54 Å². The predicted molar refractivity (Wildman–Crippen MR) is 68.8 cm³/mol. The van der Waals surface area contributed by atoms with E-state index in [1.165, 1.54) is 25.1 Å². The molecule has 1 fully saturated rings. The Bertz CT molecular complexity index is 455. The van der Waals surface area contributed by atoms with E-state index in [4.69, 9.17) is 5.11 Å². The van der Waals surface area contributed by atoms with Crippen molar-refractivity contribution in [1.29, 1.82) is 0 Å². The fourth-order valence-corrected chi connectivity index (χ4v) is 1.70. The van der Waals surface area contributed by atoms with E-state index in [9.17, 15) is 9.59 Å². The number of carbonyl (C=O) groups excluding carboxylic acids is 1. The number of hydrogen-bond donors (Lipinski definition) is 3. The van der Waals surface area contributed by atoms with Gasteiger partial charge in [0.1, 0.15) is 5.69 Å². The summed E-state index contributed by atoms with van der Waals surface area (Å²) in [5.74, 6) is -0.259. The summed E-state index contributed by atoms with van der Waals surface area (Å²) in [6.07, 6.45) is 5.06. The summed E-state index contributed by atoms with van der Waals surface area (Å²) >= 11 is 0. The van der Waals surface area contributed by atoms with E-state index in [1.54, 1.807) is 6.07 Å². The Hall–Kier alpha value is -2.11. The third-order valence-corrected chi connectivity index (χ3v) is 3.03. The summed E-state index contributed by atoms with van der Waals surface area (Å²) in [4.78, 5) is 25.8. The molecule has 102 valence electrons. The number of carboxylic acid groups (broad SMARTS) is 1. The number of nitrogens with one attached hydrogen (secondary N) is 2. The summed E-state index contributed by atoms with van der Waals surface area (Å²) in [6.45, 7) is 1.04. The molecule has 1 aromatic rings. The highest BCUT2D eigenvalue weighted by Gasteiger charge is 2.20. The van der Waals surface area contributed by atoms with Gasteiger partial charge in [-0.2, -0.15) is 0 Å². The third kappa shape index (κ3) is 4.57. The first-order valence-electron chi connectivity index (χ1n) is 6.35. The minimum atomic E-state index is -1.06. The second-order valence-electron chi connectivity index (χ2n) is 4.70. The van der Waals surface area contributed by atoms with E-state index in [0.29, 0.717) is 13.1 Å². The smallest absolute Gasteiger partial charge is 0.354 e. The Balaban J connectivity index is 1.68. The van der Waals surface area contributed by atoms with Crippen LogP contribution in [-0.2, 0) is 6.54 Å². The molecule has 2 rings (SSSR count). The lowest BCUT2D eigenvalue weighted by Crippen LogP contribution is -2.35. The molecule has 1 aromatic heterocycles. The number of carbonyl (C=O) groups is 2. The van der Waals surface area contributed by atoms with Gasteiger partial charge in [-0.1, -0.05) is 18.9 Å². The number of aromatic carboxylic acids is 1. The first-order chi connectivity index (χ1) is 9.15. The van der Waals surface area contributed by atoms with Crippen LogP contribution in [0, 0.1) is 5.92 Å². The number of nitrogens with zero attached hydrogens (tertiary/aromatic N) is 1. The minimum absolute atomic E-state index is 0.00219. The lowest BCUT2D eigenvalue weighted by atomic mass is 10.2. The third-order valence-electron chi connectivity index (χ3n) is 3.03. The van der Waals surface area contributed by atoms with Gasteiger partial charge in [-0.25, -0.2) is 14.6 Å². The van der Waals surface area contributed by atoms with Gasteiger partial charge >= 0.3 is 12.0 Å². The molecule has 1 aliphatic carbocycles. The van der Waals surface area contributed by atoms with E-state index < -0.39 is 5.97 Å². The van der Waals surface area contributed by atoms with Crippen LogP contribution in [0.1, 0.15) is 35.3 Å². The molecule has 0 spiro atoms. The van der Waals surface area contributed by atoms with Crippen molar-refractivity contribution in [1.82, 2.24) is 15.6 Å². The van der Waals surface area contributed by atoms with Crippen LogP contribution in [0.5, 0.6) is 0 Å². The number of rotatable bonds is 6. The maximum absolute atomic E-state index is 11.5. The monoisotopic (exact) mass is 263 g/mol. The summed E-state index contributed by atoms with van der Waals surface area (Å²) < 4.78 is 0. The molecule has 0 bridgehead atoms. The molecule has 0 atom stereocenters. The molecule has 19 heavy (non-hydrogen) atoms. The molecular weight excluding hydrogens is 246 g/mol. The Morgan fingerprint density at radius 3 is 2.68 bits per heavy atom. The molecular formula is C13H17N3O3. The SMILES string of the molecule is O=C(NCCC1CC1)NCc1ccc(C(=O)O)nc1. The van der Waals surface area contributed by atoms with Gasteiger partial charge in [0.2, 0.25) is 0 Å². The largest absolute Gasteiger partial charge is 0.477 e. The first-order valence-corrected chi connectivity index (χ1v) is 6.35. The zero-order valence-corrected chi connectivity index (χ0v) is 10.6. The highest BCUT2D eigenvalue weighted by atomic mass is 16.4. The first kappa shape index (κ1) is 13.3. The Labute approximate surface area is 111 Å². The van der Waals surface area contributed by atoms with Crippen LogP contribution in [0.25, 0.3) is 0 Å². The maximum Gasteiger partial charge on any atom is 0.354 e. The number of aromatic nitrogens is 1. The molecule has 2 amide bonds. The van der Waals surface area contributed by atoms with Crippen LogP contribution >= 0.6 is 0 Å². The van der Waals surface area contributed by atoms with E-state index in [1.807, 2.05) is 0 Å². The fraction of sp³-hybridized carbons (Fsp3) is 0.462. The maximum atomic E-state index is 11.5. The van der Waals surface area contributed by atoms with Crippen molar-refractivity contribution in [2.24, 2.45) is 5.92 Å². The number of amides is 2. The van der Waals surface area contributed by atoms with Crippen molar-refractivity contribution in [3.05, 3.63) is 29.6 Å². The molecule has 0 aliphatic heterocycles. The van der Waals surface area contributed by atoms with Gasteiger partial charge in [0.15, 0.2) is 0 Å². The molecule has 1 heterocycles. The van der Waals surface area contributed by atoms with Crippen LogP contribution in [0.2, 0.25) is 0 Å². The number of urea groups is 1. The van der Waals surface area contributed by atoms with E-state index in [-0.39, 0.29) is 11.7 Å². The lowest BCUT2D eigenvalue weighted by molar-refractivity contribution is 0.0690. The van der Waals surface area contributed by atoms with Crippen molar-refractivity contribution < 1.29 is 14.7 Å². The normalized spacial score (nSPS) is 13.9. The van der Waals surface area contributed by atoms with Crippen LogP contribution in [-0.4, -0.2) is 28.6 Å². The number of pyridine rings is 1. The zero-order valence-electron chi connectivity index (χ0n) is 10.6.